The van der Waals surface area contributed by atoms with Crippen molar-refractivity contribution in [3.05, 3.63) is 0 Å². The lowest BCUT2D eigenvalue weighted by Gasteiger charge is -2.24. The first-order valence-corrected chi connectivity index (χ1v) is 6.38. The van der Waals surface area contributed by atoms with Gasteiger partial charge in [0.15, 0.2) is 9.84 Å². The third-order valence-electron chi connectivity index (χ3n) is 1.63. The highest BCUT2D eigenvalue weighted by Gasteiger charge is 2.22. The van der Waals surface area contributed by atoms with Gasteiger partial charge in [0, 0.05) is 12.3 Å². The van der Waals surface area contributed by atoms with Gasteiger partial charge in [-0.05, 0) is 13.8 Å². The smallest absolute Gasteiger partial charge is 0.323 e. The standard InChI is InChI=1S/C8H15NO5S/c1-6(2)9(4-8(11)12)7(10)5-15(3,13)14/h6H,4-5H2,1-3H3,(H,11,12). The average molecular weight is 237 g/mol. The van der Waals surface area contributed by atoms with E-state index in [1.165, 1.54) is 0 Å². The molecule has 88 valence electrons. The van der Waals surface area contributed by atoms with Crippen molar-refractivity contribution in [2.75, 3.05) is 18.6 Å². The Morgan fingerprint density at radius 2 is 1.80 bits per heavy atom. The molecule has 0 rings (SSSR count). The summed E-state index contributed by atoms with van der Waals surface area (Å²) in [5.74, 6) is -2.50. The SMILES string of the molecule is CC(C)N(CC(=O)O)C(=O)CS(C)(=O)=O. The summed E-state index contributed by atoms with van der Waals surface area (Å²) in [6.45, 7) is 2.78. The average Bonchev–Trinajstić information content (AvgIpc) is 1.95. The molecule has 0 atom stereocenters. The minimum absolute atomic E-state index is 0.338. The lowest BCUT2D eigenvalue weighted by atomic mass is 10.3. The summed E-state index contributed by atoms with van der Waals surface area (Å²) in [6.07, 6.45) is 0.935. The summed E-state index contributed by atoms with van der Waals surface area (Å²) in [6, 6.07) is -0.338. The monoisotopic (exact) mass is 237 g/mol. The molecule has 0 aromatic rings. The van der Waals surface area contributed by atoms with Crippen LogP contribution in [0, 0.1) is 0 Å². The quantitative estimate of drug-likeness (QED) is 0.686. The van der Waals surface area contributed by atoms with E-state index >= 15 is 0 Å². The molecule has 1 amide bonds. The maximum atomic E-state index is 11.4. The number of rotatable bonds is 5. The summed E-state index contributed by atoms with van der Waals surface area (Å²) in [7, 11) is -3.42. The first-order valence-electron chi connectivity index (χ1n) is 4.32. The van der Waals surface area contributed by atoms with Gasteiger partial charge < -0.3 is 10.0 Å². The predicted molar refractivity (Wildman–Crippen MR) is 54.2 cm³/mol. The molecule has 1 N–H and O–H groups in total. The summed E-state index contributed by atoms with van der Waals surface area (Å²) < 4.78 is 21.7. The molecule has 0 fully saturated rings. The van der Waals surface area contributed by atoms with Gasteiger partial charge in [0.25, 0.3) is 0 Å². The van der Waals surface area contributed by atoms with E-state index in [0.717, 1.165) is 11.2 Å². The van der Waals surface area contributed by atoms with Crippen LogP contribution < -0.4 is 0 Å². The van der Waals surface area contributed by atoms with Crippen LogP contribution in [0.4, 0.5) is 0 Å². The lowest BCUT2D eigenvalue weighted by Crippen LogP contribution is -2.43. The molecule has 0 aliphatic carbocycles. The molecule has 15 heavy (non-hydrogen) atoms. The Labute approximate surface area is 88.8 Å². The largest absolute Gasteiger partial charge is 0.480 e. The van der Waals surface area contributed by atoms with Crippen molar-refractivity contribution in [1.82, 2.24) is 4.90 Å². The second-order valence-corrected chi connectivity index (χ2v) is 5.72. The van der Waals surface area contributed by atoms with E-state index in [2.05, 4.69) is 0 Å². The predicted octanol–water partition coefficient (Wildman–Crippen LogP) is -0.647. The fraction of sp³-hybridized carbons (Fsp3) is 0.750. The Hall–Kier alpha value is -1.11. The molecule has 0 aliphatic heterocycles. The van der Waals surface area contributed by atoms with Gasteiger partial charge in [-0.25, -0.2) is 8.42 Å². The number of aliphatic carboxylic acids is 1. The number of nitrogens with zero attached hydrogens (tertiary/aromatic N) is 1. The van der Waals surface area contributed by atoms with Gasteiger partial charge >= 0.3 is 5.97 Å². The van der Waals surface area contributed by atoms with E-state index in [9.17, 15) is 18.0 Å². The molecule has 0 bridgehead atoms. The third kappa shape index (κ3) is 6.05. The third-order valence-corrected chi connectivity index (χ3v) is 2.41. The second-order valence-electron chi connectivity index (χ2n) is 3.58. The first kappa shape index (κ1) is 13.9. The van der Waals surface area contributed by atoms with Gasteiger partial charge in [-0.2, -0.15) is 0 Å². The Kier molecular flexibility index (Phi) is 4.73. The molecule has 0 aromatic carbocycles. The van der Waals surface area contributed by atoms with Gasteiger partial charge in [-0.1, -0.05) is 0 Å². The molecule has 7 heteroatoms. The van der Waals surface area contributed by atoms with Crippen molar-refractivity contribution in [1.29, 1.82) is 0 Å². The van der Waals surface area contributed by atoms with Crippen LogP contribution in [-0.4, -0.2) is 54.9 Å². The van der Waals surface area contributed by atoms with E-state index in [-0.39, 0.29) is 6.04 Å². The van der Waals surface area contributed by atoms with Gasteiger partial charge in [0.1, 0.15) is 12.3 Å². The highest BCUT2D eigenvalue weighted by Crippen LogP contribution is 2.00. The second kappa shape index (κ2) is 5.11. The van der Waals surface area contributed by atoms with Crippen molar-refractivity contribution < 1.29 is 23.1 Å². The summed E-state index contributed by atoms with van der Waals surface area (Å²) in [4.78, 5) is 22.9. The number of carbonyl (C=O) groups excluding carboxylic acids is 1. The zero-order valence-corrected chi connectivity index (χ0v) is 9.74. The fourth-order valence-electron chi connectivity index (χ4n) is 1.01. The number of carboxylic acid groups (broad SMARTS) is 1. The van der Waals surface area contributed by atoms with Crippen LogP contribution in [0.3, 0.4) is 0 Å². The van der Waals surface area contributed by atoms with E-state index in [4.69, 9.17) is 5.11 Å². The van der Waals surface area contributed by atoms with Crippen molar-refractivity contribution in [3.8, 4) is 0 Å². The molecule has 0 aromatic heterocycles. The number of carbonyl (C=O) groups is 2. The molecule has 0 heterocycles. The first-order chi connectivity index (χ1) is 6.63. The van der Waals surface area contributed by atoms with Crippen molar-refractivity contribution in [2.24, 2.45) is 0 Å². The van der Waals surface area contributed by atoms with E-state index in [1.54, 1.807) is 13.8 Å². The number of carboxylic acids is 1. The van der Waals surface area contributed by atoms with Crippen molar-refractivity contribution in [2.45, 2.75) is 19.9 Å². The van der Waals surface area contributed by atoms with Gasteiger partial charge in [-0.15, -0.1) is 0 Å². The highest BCUT2D eigenvalue weighted by molar-refractivity contribution is 7.91. The van der Waals surface area contributed by atoms with Crippen LogP contribution in [0.25, 0.3) is 0 Å². The Morgan fingerprint density at radius 1 is 1.33 bits per heavy atom. The Morgan fingerprint density at radius 3 is 2.07 bits per heavy atom. The Bertz CT molecular complexity index is 346. The van der Waals surface area contributed by atoms with Gasteiger partial charge in [0.2, 0.25) is 5.91 Å². The lowest BCUT2D eigenvalue weighted by molar-refractivity contribution is -0.144. The normalized spacial score (nSPS) is 11.5. The van der Waals surface area contributed by atoms with Gasteiger partial charge in [-0.3, -0.25) is 9.59 Å². The minimum atomic E-state index is -3.42. The molecular formula is C8H15NO5S. The van der Waals surface area contributed by atoms with Crippen molar-refractivity contribution >= 4 is 21.7 Å². The highest BCUT2D eigenvalue weighted by atomic mass is 32.2. The van der Waals surface area contributed by atoms with E-state index in [0.29, 0.717) is 0 Å². The number of hydrogen-bond acceptors (Lipinski definition) is 4. The van der Waals surface area contributed by atoms with E-state index in [1.807, 2.05) is 0 Å². The zero-order chi connectivity index (χ0) is 12.2. The molecule has 0 unspecified atom stereocenters. The zero-order valence-electron chi connectivity index (χ0n) is 8.93. The number of hydrogen-bond donors (Lipinski definition) is 1. The molecule has 0 saturated heterocycles. The van der Waals surface area contributed by atoms with Crippen LogP contribution in [0.5, 0.6) is 0 Å². The molecule has 0 radical (unpaired) electrons. The van der Waals surface area contributed by atoms with Gasteiger partial charge in [0.05, 0.1) is 0 Å². The fourth-order valence-corrected chi connectivity index (χ4v) is 1.63. The van der Waals surface area contributed by atoms with Crippen LogP contribution >= 0.6 is 0 Å². The number of amides is 1. The summed E-state index contributed by atoms with van der Waals surface area (Å²) in [5.41, 5.74) is 0. The summed E-state index contributed by atoms with van der Waals surface area (Å²) >= 11 is 0. The maximum Gasteiger partial charge on any atom is 0.323 e. The Balaban J connectivity index is 4.64. The summed E-state index contributed by atoms with van der Waals surface area (Å²) in [5, 5.41) is 8.54. The van der Waals surface area contributed by atoms with E-state index < -0.39 is 34.0 Å². The minimum Gasteiger partial charge on any atom is -0.480 e. The van der Waals surface area contributed by atoms with Crippen LogP contribution in [-0.2, 0) is 19.4 Å². The topological polar surface area (TPSA) is 91.8 Å². The van der Waals surface area contributed by atoms with Crippen LogP contribution in [0.15, 0.2) is 0 Å². The van der Waals surface area contributed by atoms with Crippen molar-refractivity contribution in [3.63, 3.8) is 0 Å². The molecule has 6 nitrogen and oxygen atoms in total. The molecule has 0 saturated carbocycles. The maximum absolute atomic E-state index is 11.4. The number of sulfone groups is 1. The molecular weight excluding hydrogens is 222 g/mol. The molecule has 0 aliphatic rings. The van der Waals surface area contributed by atoms with Crippen LogP contribution in [0.2, 0.25) is 0 Å². The molecule has 0 spiro atoms. The van der Waals surface area contributed by atoms with Crippen LogP contribution in [0.1, 0.15) is 13.8 Å².